The van der Waals surface area contributed by atoms with E-state index in [0.717, 1.165) is 31.9 Å². The number of allylic oxidation sites excluding steroid dienone is 8. The maximum absolute atomic E-state index is 12.1. The minimum absolute atomic E-state index is 0.0273. The highest BCUT2D eigenvalue weighted by atomic mass is 31.2. The van der Waals surface area contributed by atoms with Crippen molar-refractivity contribution in [3.05, 3.63) is 93.7 Å². The molecule has 49 heavy (non-hydrogen) atoms. The molecule has 1 saturated carbocycles. The Morgan fingerprint density at radius 1 is 1.06 bits per heavy atom. The molecule has 1 aromatic rings. The average molecular weight is 708 g/mol. The molecule has 1 aliphatic heterocycles. The van der Waals surface area contributed by atoms with Crippen molar-refractivity contribution >= 4 is 13.9 Å². The summed E-state index contributed by atoms with van der Waals surface area (Å²) in [5.74, 6) is 1.78. The lowest BCUT2D eigenvalue weighted by Gasteiger charge is -2.15. The number of rotatable bonds is 18. The van der Waals surface area contributed by atoms with Crippen molar-refractivity contribution in [2.75, 3.05) is 39.6 Å². The van der Waals surface area contributed by atoms with Crippen LogP contribution in [0.15, 0.2) is 76.9 Å². The van der Waals surface area contributed by atoms with E-state index >= 15 is 0 Å². The average Bonchev–Trinajstić information content (AvgIpc) is 3.52. The first-order chi connectivity index (χ1) is 23.7. The largest absolute Gasteiger partial charge is 0.526 e. The van der Waals surface area contributed by atoms with Gasteiger partial charge in [0.05, 0.1) is 45.6 Å². The van der Waals surface area contributed by atoms with Crippen molar-refractivity contribution in [1.82, 2.24) is 14.9 Å². The smallest absolute Gasteiger partial charge is 0.495 e. The van der Waals surface area contributed by atoms with Crippen LogP contribution in [0.1, 0.15) is 43.9 Å². The molecule has 2 fully saturated rings. The number of ether oxygens (including phenoxy) is 4. The molecular formula is C33H46N3O12P. The van der Waals surface area contributed by atoms with Crippen molar-refractivity contribution in [2.24, 2.45) is 17.8 Å². The number of aryl methyl sites for hydroxylation is 1. The van der Waals surface area contributed by atoms with Gasteiger partial charge in [-0.2, -0.15) is 0 Å². The van der Waals surface area contributed by atoms with Crippen LogP contribution >= 0.6 is 7.82 Å². The first-order valence-corrected chi connectivity index (χ1v) is 17.9. The normalized spacial score (nSPS) is 27.2. The van der Waals surface area contributed by atoms with Gasteiger partial charge >= 0.3 is 19.6 Å². The summed E-state index contributed by atoms with van der Waals surface area (Å²) in [7, 11) is -4.32. The van der Waals surface area contributed by atoms with E-state index in [-0.39, 0.29) is 39.4 Å². The molecule has 0 aromatic carbocycles. The van der Waals surface area contributed by atoms with E-state index in [9.17, 15) is 28.9 Å². The van der Waals surface area contributed by atoms with Crippen LogP contribution in [0, 0.1) is 24.7 Å². The number of hydrogen-bond donors (Lipinski definition) is 4. The van der Waals surface area contributed by atoms with Gasteiger partial charge in [-0.05, 0) is 62.5 Å². The van der Waals surface area contributed by atoms with Gasteiger partial charge in [-0.15, -0.1) is 0 Å². The van der Waals surface area contributed by atoms with Gasteiger partial charge in [0.25, 0.3) is 5.56 Å². The molecule has 1 amide bonds. The zero-order valence-electron chi connectivity index (χ0n) is 27.5. The number of aliphatic hydroxyl groups is 1. The predicted octanol–water partition coefficient (Wildman–Crippen LogP) is 3.52. The van der Waals surface area contributed by atoms with Crippen LogP contribution in [0.5, 0.6) is 0 Å². The summed E-state index contributed by atoms with van der Waals surface area (Å²) in [6.07, 6.45) is 20.3. The molecule has 0 spiro atoms. The van der Waals surface area contributed by atoms with Crippen LogP contribution in [0.25, 0.3) is 0 Å². The van der Waals surface area contributed by atoms with E-state index in [0.29, 0.717) is 29.9 Å². The first-order valence-electron chi connectivity index (χ1n) is 16.4. The highest BCUT2D eigenvalue weighted by Gasteiger charge is 2.49. The number of alkyl carbamates (subject to hydrolysis) is 1. The Morgan fingerprint density at radius 3 is 2.47 bits per heavy atom. The van der Waals surface area contributed by atoms with Gasteiger partial charge in [0.2, 0.25) is 0 Å². The molecule has 4 rings (SSSR count). The molecule has 2 aliphatic carbocycles. The predicted molar refractivity (Wildman–Crippen MR) is 178 cm³/mol. The highest BCUT2D eigenvalue weighted by Crippen LogP contribution is 2.52. The van der Waals surface area contributed by atoms with Gasteiger partial charge in [-0.3, -0.25) is 23.8 Å². The van der Waals surface area contributed by atoms with Crippen molar-refractivity contribution < 1.29 is 47.4 Å². The van der Waals surface area contributed by atoms with Gasteiger partial charge in [0.1, 0.15) is 18.4 Å². The van der Waals surface area contributed by atoms with Crippen LogP contribution in [0.3, 0.4) is 0 Å². The zero-order chi connectivity index (χ0) is 35.1. The van der Waals surface area contributed by atoms with Crippen molar-refractivity contribution in [3.63, 3.8) is 0 Å². The van der Waals surface area contributed by atoms with Crippen molar-refractivity contribution in [3.8, 4) is 0 Å². The zero-order valence-corrected chi connectivity index (χ0v) is 28.4. The number of aliphatic hydroxyl groups excluding tert-OH is 1. The number of nitrogens with zero attached hydrogens (tertiary/aromatic N) is 1. The summed E-state index contributed by atoms with van der Waals surface area (Å²) < 4.78 is 44.9. The number of aromatic nitrogens is 2. The van der Waals surface area contributed by atoms with E-state index < -0.39 is 43.6 Å². The number of nitrogens with one attached hydrogen (secondary N) is 2. The van der Waals surface area contributed by atoms with Crippen molar-refractivity contribution in [2.45, 2.75) is 57.5 Å². The lowest BCUT2D eigenvalue weighted by atomic mass is 10.1. The van der Waals surface area contributed by atoms with Crippen molar-refractivity contribution in [1.29, 1.82) is 0 Å². The Morgan fingerprint density at radius 2 is 1.76 bits per heavy atom. The molecule has 2 heterocycles. The van der Waals surface area contributed by atoms with Crippen LogP contribution in [0.4, 0.5) is 4.79 Å². The molecule has 4 N–H and O–H groups in total. The highest BCUT2D eigenvalue weighted by molar-refractivity contribution is 7.47. The number of carbonyl (C=O) groups is 1. The number of fused-ring (bicyclic) bond motifs is 1. The summed E-state index contributed by atoms with van der Waals surface area (Å²) in [5, 5.41) is 12.3. The van der Waals surface area contributed by atoms with Gasteiger partial charge in [-0.1, -0.05) is 36.5 Å². The topological polar surface area (TPSA) is 197 Å². The first kappa shape index (κ1) is 38.1. The fourth-order valence-corrected chi connectivity index (χ4v) is 6.41. The minimum atomic E-state index is -4.32. The van der Waals surface area contributed by atoms with E-state index in [2.05, 4.69) is 22.5 Å². The van der Waals surface area contributed by atoms with E-state index in [1.54, 1.807) is 37.3 Å². The van der Waals surface area contributed by atoms with E-state index in [1.165, 1.54) is 23.1 Å². The summed E-state index contributed by atoms with van der Waals surface area (Å²) in [5.41, 5.74) is -0.713. The van der Waals surface area contributed by atoms with Crippen LogP contribution in [0.2, 0.25) is 0 Å². The quantitative estimate of drug-likeness (QED) is 0.0571. The summed E-state index contributed by atoms with van der Waals surface area (Å²) in [6, 6.07) is 0. The van der Waals surface area contributed by atoms with E-state index in [1.807, 2.05) is 0 Å². The second-order valence-electron chi connectivity index (χ2n) is 11.8. The number of carbonyl (C=O) groups excluding carboxylic acids is 1. The molecule has 3 unspecified atom stereocenters. The summed E-state index contributed by atoms with van der Waals surface area (Å²) in [6.45, 7) is 1.98. The Hall–Kier alpha value is -3.72. The molecule has 15 nitrogen and oxygen atoms in total. The molecule has 1 aromatic heterocycles. The summed E-state index contributed by atoms with van der Waals surface area (Å²) >= 11 is 0. The third-order valence-electron chi connectivity index (χ3n) is 8.39. The second kappa shape index (κ2) is 19.5. The number of phosphoric ester groups is 1. The standard InChI is InChI=1S/C33H46N3O12P/c1-24-21-36(32(39)35-31(24)38)30-20-28(29(22-37)48-30)44-15-10-6-2-3-7-11-16-46-49(41,42)47-19-18-43-17-14-34-33(40)45-23-27-25-12-8-4-5-9-13-26(25)27/h2-7,10-11,15-16,21,25-30,37H,8-9,12-14,17-20,22-23H2,1H3,(H,34,40)(H,41,42)(H,35,38,39)/b5-4-,6-2+,7-3+,15-10+,16-11+/t25-,26+,27?,28?,29-,30-/m1/s1. The molecule has 270 valence electrons. The van der Waals surface area contributed by atoms with Gasteiger partial charge < -0.3 is 33.9 Å². The van der Waals surface area contributed by atoms with E-state index in [4.69, 9.17) is 28.0 Å². The molecule has 3 aliphatic rings. The molecule has 7 atom stereocenters. The van der Waals surface area contributed by atoms with Gasteiger partial charge in [0.15, 0.2) is 0 Å². The Bertz CT molecular complexity index is 1520. The molecular weight excluding hydrogens is 661 g/mol. The monoisotopic (exact) mass is 707 g/mol. The lowest BCUT2D eigenvalue weighted by Crippen LogP contribution is -2.33. The second-order valence-corrected chi connectivity index (χ2v) is 13.2. The molecule has 16 heteroatoms. The third-order valence-corrected chi connectivity index (χ3v) is 9.29. The Kier molecular flexibility index (Phi) is 15.1. The molecule has 1 saturated heterocycles. The maximum Gasteiger partial charge on any atom is 0.526 e. The lowest BCUT2D eigenvalue weighted by molar-refractivity contribution is -0.0481. The molecule has 0 bridgehead atoms. The fourth-order valence-electron chi connectivity index (χ4n) is 5.82. The number of amides is 1. The van der Waals surface area contributed by atoms with Crippen LogP contribution in [-0.4, -0.2) is 77.4 Å². The summed E-state index contributed by atoms with van der Waals surface area (Å²) in [4.78, 5) is 47.7. The minimum Gasteiger partial charge on any atom is -0.495 e. The number of H-pyrrole nitrogens is 1. The van der Waals surface area contributed by atoms with Crippen LogP contribution < -0.4 is 16.6 Å². The number of aromatic amines is 1. The Labute approximate surface area is 284 Å². The third kappa shape index (κ3) is 12.6. The fraction of sp³-hybridized carbons (Fsp3) is 0.545. The number of hydrogen-bond acceptors (Lipinski definition) is 11. The maximum atomic E-state index is 12.1. The Balaban J connectivity index is 1.01. The van der Waals surface area contributed by atoms with Crippen LogP contribution in [-0.2, 0) is 32.6 Å². The van der Waals surface area contributed by atoms with Gasteiger partial charge in [0, 0.05) is 24.7 Å². The SMILES string of the molecule is Cc1cn([C@H]2CC(O/C=C/C=C/C=C/C=C/OP(=O)(O)OCCOCCNC(=O)OCC3[C@H]4CC/C=C\CC[C@@H]34)[C@@H](CO)O2)c(=O)[nH]c1=O. The molecule has 0 radical (unpaired) electrons. The van der Waals surface area contributed by atoms with Gasteiger partial charge in [-0.25, -0.2) is 14.2 Å². The number of phosphoric acid groups is 1.